The van der Waals surface area contributed by atoms with Gasteiger partial charge in [0.25, 0.3) is 0 Å². The summed E-state index contributed by atoms with van der Waals surface area (Å²) in [6.07, 6.45) is 2.47. The number of furan rings is 1. The molecule has 1 aromatic heterocycles. The Hall–Kier alpha value is -0.410. The lowest BCUT2D eigenvalue weighted by Gasteiger charge is -2.28. The average molecular weight is 211 g/mol. The Morgan fingerprint density at radius 3 is 2.86 bits per heavy atom. The molecule has 0 saturated carbocycles. The molecule has 0 radical (unpaired) electrons. The van der Waals surface area contributed by atoms with Crippen molar-refractivity contribution in [2.24, 2.45) is 5.73 Å². The lowest BCUT2D eigenvalue weighted by Crippen LogP contribution is -2.32. The Bertz CT molecular complexity index is 315. The highest BCUT2D eigenvalue weighted by atomic mass is 32.2. The van der Waals surface area contributed by atoms with Crippen LogP contribution in [0.15, 0.2) is 16.5 Å². The third kappa shape index (κ3) is 1.71. The van der Waals surface area contributed by atoms with Crippen LogP contribution in [0.4, 0.5) is 0 Å². The summed E-state index contributed by atoms with van der Waals surface area (Å²) in [6, 6.07) is 4.02. The second-order valence-corrected chi connectivity index (χ2v) is 5.82. The van der Waals surface area contributed by atoms with E-state index in [1.807, 2.05) is 30.8 Å². The number of thioether (sulfide) groups is 1. The monoisotopic (exact) mass is 211 g/mol. The highest BCUT2D eigenvalue weighted by Gasteiger charge is 2.37. The maximum atomic E-state index is 6.23. The van der Waals surface area contributed by atoms with E-state index in [1.54, 1.807) is 0 Å². The Labute approximate surface area is 89.2 Å². The van der Waals surface area contributed by atoms with Gasteiger partial charge in [-0.25, -0.2) is 0 Å². The number of nitrogens with two attached hydrogens (primary N) is 1. The van der Waals surface area contributed by atoms with Gasteiger partial charge >= 0.3 is 0 Å². The molecule has 2 atom stereocenters. The van der Waals surface area contributed by atoms with E-state index in [1.165, 1.54) is 18.6 Å². The molecule has 1 saturated heterocycles. The second-order valence-electron chi connectivity index (χ2n) is 4.19. The molecule has 0 amide bonds. The molecular weight excluding hydrogens is 194 g/mol. The van der Waals surface area contributed by atoms with E-state index in [9.17, 15) is 0 Å². The van der Waals surface area contributed by atoms with E-state index >= 15 is 0 Å². The quantitative estimate of drug-likeness (QED) is 0.817. The van der Waals surface area contributed by atoms with Crippen LogP contribution in [0.2, 0.25) is 0 Å². The topological polar surface area (TPSA) is 39.2 Å². The maximum Gasteiger partial charge on any atom is 0.122 e. The van der Waals surface area contributed by atoms with Gasteiger partial charge in [-0.05, 0) is 44.6 Å². The van der Waals surface area contributed by atoms with Crippen molar-refractivity contribution in [3.8, 4) is 0 Å². The minimum absolute atomic E-state index is 0.0312. The molecule has 14 heavy (non-hydrogen) atoms. The zero-order chi connectivity index (χ0) is 10.2. The normalized spacial score (nSPS) is 29.4. The Morgan fingerprint density at radius 1 is 1.57 bits per heavy atom. The fraction of sp³-hybridized carbons (Fsp3) is 0.636. The number of hydrogen-bond donors (Lipinski definition) is 1. The summed E-state index contributed by atoms with van der Waals surface area (Å²) in [7, 11) is 0. The van der Waals surface area contributed by atoms with E-state index < -0.39 is 0 Å². The lowest BCUT2D eigenvalue weighted by atomic mass is 9.95. The van der Waals surface area contributed by atoms with Crippen molar-refractivity contribution >= 4 is 11.8 Å². The summed E-state index contributed by atoms with van der Waals surface area (Å²) >= 11 is 1.97. The van der Waals surface area contributed by atoms with Gasteiger partial charge in [-0.15, -0.1) is 0 Å². The van der Waals surface area contributed by atoms with E-state index in [2.05, 4.69) is 6.92 Å². The van der Waals surface area contributed by atoms with Crippen molar-refractivity contribution in [2.75, 3.05) is 5.75 Å². The predicted octanol–water partition coefficient (Wildman–Crippen LogP) is 2.87. The molecule has 1 aromatic rings. The van der Waals surface area contributed by atoms with Gasteiger partial charge in [0.15, 0.2) is 0 Å². The van der Waals surface area contributed by atoms with Gasteiger partial charge in [0.05, 0.1) is 6.04 Å². The van der Waals surface area contributed by atoms with Crippen LogP contribution in [0.25, 0.3) is 0 Å². The van der Waals surface area contributed by atoms with Crippen LogP contribution in [0.1, 0.15) is 37.3 Å². The molecule has 0 aliphatic carbocycles. The number of rotatable bonds is 2. The van der Waals surface area contributed by atoms with Crippen molar-refractivity contribution in [1.29, 1.82) is 0 Å². The molecule has 1 fully saturated rings. The van der Waals surface area contributed by atoms with Crippen LogP contribution >= 0.6 is 11.8 Å². The first-order valence-corrected chi connectivity index (χ1v) is 6.06. The van der Waals surface area contributed by atoms with Gasteiger partial charge in [-0.2, -0.15) is 11.8 Å². The molecule has 2 N–H and O–H groups in total. The van der Waals surface area contributed by atoms with Crippen molar-refractivity contribution < 1.29 is 4.42 Å². The van der Waals surface area contributed by atoms with Crippen LogP contribution in [0.3, 0.4) is 0 Å². The van der Waals surface area contributed by atoms with Crippen molar-refractivity contribution in [1.82, 2.24) is 0 Å². The van der Waals surface area contributed by atoms with Crippen LogP contribution in [0.5, 0.6) is 0 Å². The summed E-state index contributed by atoms with van der Waals surface area (Å²) in [6.45, 7) is 4.20. The molecule has 1 aliphatic rings. The average Bonchev–Trinajstić information content (AvgIpc) is 2.74. The molecule has 0 aromatic carbocycles. The highest BCUT2D eigenvalue weighted by molar-refractivity contribution is 8.00. The van der Waals surface area contributed by atoms with Crippen LogP contribution in [-0.4, -0.2) is 10.5 Å². The van der Waals surface area contributed by atoms with Gasteiger partial charge in [-0.1, -0.05) is 0 Å². The lowest BCUT2D eigenvalue weighted by molar-refractivity contribution is 0.393. The SMILES string of the molecule is Cc1ccc(C(N)C2(C)CCCS2)o1. The smallest absolute Gasteiger partial charge is 0.122 e. The minimum atomic E-state index is 0.0312. The van der Waals surface area contributed by atoms with Gasteiger partial charge in [0.1, 0.15) is 11.5 Å². The zero-order valence-electron chi connectivity index (χ0n) is 8.75. The molecule has 0 spiro atoms. The fourth-order valence-corrected chi connectivity index (χ4v) is 3.31. The molecule has 2 unspecified atom stereocenters. The fourth-order valence-electron chi connectivity index (χ4n) is 1.97. The third-order valence-corrected chi connectivity index (χ3v) is 4.59. The van der Waals surface area contributed by atoms with Crippen LogP contribution in [0, 0.1) is 6.92 Å². The number of aryl methyl sites for hydroxylation is 1. The van der Waals surface area contributed by atoms with Crippen molar-refractivity contribution in [2.45, 2.75) is 37.5 Å². The van der Waals surface area contributed by atoms with E-state index in [0.717, 1.165) is 11.5 Å². The predicted molar refractivity (Wildman–Crippen MR) is 60.5 cm³/mol. The molecule has 78 valence electrons. The van der Waals surface area contributed by atoms with Crippen LogP contribution < -0.4 is 5.73 Å². The molecule has 0 bridgehead atoms. The standard InChI is InChI=1S/C11H17NOS/c1-8-4-5-9(13-8)10(12)11(2)6-3-7-14-11/h4-5,10H,3,6-7,12H2,1-2H3. The number of hydrogen-bond acceptors (Lipinski definition) is 3. The summed E-state index contributed by atoms with van der Waals surface area (Å²) in [4.78, 5) is 0. The minimum Gasteiger partial charge on any atom is -0.465 e. The van der Waals surface area contributed by atoms with Gasteiger partial charge in [0, 0.05) is 4.75 Å². The molecular formula is C11H17NOS. The van der Waals surface area contributed by atoms with Gasteiger partial charge in [0.2, 0.25) is 0 Å². The van der Waals surface area contributed by atoms with E-state index in [-0.39, 0.29) is 10.8 Å². The van der Waals surface area contributed by atoms with Gasteiger partial charge < -0.3 is 10.2 Å². The summed E-state index contributed by atoms with van der Waals surface area (Å²) in [5.74, 6) is 3.10. The molecule has 2 rings (SSSR count). The molecule has 2 heterocycles. The van der Waals surface area contributed by atoms with Crippen molar-refractivity contribution in [3.63, 3.8) is 0 Å². The largest absolute Gasteiger partial charge is 0.465 e. The second kappa shape index (κ2) is 3.63. The zero-order valence-corrected chi connectivity index (χ0v) is 9.56. The summed E-state index contributed by atoms with van der Waals surface area (Å²) in [5.41, 5.74) is 6.23. The Morgan fingerprint density at radius 2 is 2.36 bits per heavy atom. The molecule has 2 nitrogen and oxygen atoms in total. The first kappa shape index (κ1) is 10.1. The maximum absolute atomic E-state index is 6.23. The highest BCUT2D eigenvalue weighted by Crippen LogP contribution is 2.45. The van der Waals surface area contributed by atoms with E-state index in [4.69, 9.17) is 10.2 Å². The van der Waals surface area contributed by atoms with Crippen LogP contribution in [-0.2, 0) is 0 Å². The first-order valence-electron chi connectivity index (χ1n) is 5.08. The van der Waals surface area contributed by atoms with Crippen molar-refractivity contribution in [3.05, 3.63) is 23.7 Å². The first-order chi connectivity index (χ1) is 6.62. The van der Waals surface area contributed by atoms with Gasteiger partial charge in [-0.3, -0.25) is 0 Å². The molecule has 1 aliphatic heterocycles. The summed E-state index contributed by atoms with van der Waals surface area (Å²) in [5, 5.41) is 0. The summed E-state index contributed by atoms with van der Waals surface area (Å²) < 4.78 is 5.76. The third-order valence-electron chi connectivity index (χ3n) is 2.97. The molecule has 3 heteroatoms. The Balaban J connectivity index is 2.18. The Kier molecular flexibility index (Phi) is 2.62. The van der Waals surface area contributed by atoms with E-state index in [0.29, 0.717) is 0 Å².